The molecule has 122 valence electrons. The highest BCUT2D eigenvalue weighted by atomic mass is 16.1. The van der Waals surface area contributed by atoms with Crippen molar-refractivity contribution >= 4 is 11.7 Å². The van der Waals surface area contributed by atoms with Gasteiger partial charge in [-0.3, -0.25) is 4.79 Å². The van der Waals surface area contributed by atoms with Gasteiger partial charge in [-0.05, 0) is 26.7 Å². The predicted octanol–water partition coefficient (Wildman–Crippen LogP) is 3.20. The molecule has 2 aliphatic rings. The van der Waals surface area contributed by atoms with Crippen LogP contribution in [0.3, 0.4) is 0 Å². The second-order valence-electron chi connectivity index (χ2n) is 6.80. The number of hydrogen-bond acceptors (Lipinski definition) is 3. The summed E-state index contributed by atoms with van der Waals surface area (Å²) in [6.07, 6.45) is 8.24. The molecule has 4 rings (SSSR count). The van der Waals surface area contributed by atoms with Crippen LogP contribution in [0.15, 0.2) is 6.33 Å². The molecule has 0 unspecified atom stereocenters. The largest absolute Gasteiger partial charge is 0.348 e. The van der Waals surface area contributed by atoms with Gasteiger partial charge in [-0.2, -0.15) is 5.10 Å². The lowest BCUT2D eigenvalue weighted by Crippen LogP contribution is -2.27. The third-order valence-corrected chi connectivity index (χ3v) is 5.25. The number of hydrogen-bond donors (Lipinski definition) is 2. The van der Waals surface area contributed by atoms with Gasteiger partial charge in [0.2, 0.25) is 5.91 Å². The molecule has 0 spiro atoms. The number of aromatic nitrogens is 4. The van der Waals surface area contributed by atoms with Gasteiger partial charge in [0.05, 0.1) is 23.8 Å². The molecule has 2 N–H and O–H groups in total. The van der Waals surface area contributed by atoms with Crippen LogP contribution in [0.25, 0.3) is 0 Å². The zero-order valence-corrected chi connectivity index (χ0v) is 13.7. The normalized spacial score (nSPS) is 22.0. The summed E-state index contributed by atoms with van der Waals surface area (Å²) in [4.78, 5) is 19.9. The van der Waals surface area contributed by atoms with Crippen LogP contribution in [0.5, 0.6) is 0 Å². The van der Waals surface area contributed by atoms with Gasteiger partial charge in [0, 0.05) is 23.6 Å². The van der Waals surface area contributed by atoms with Crippen molar-refractivity contribution in [3.8, 4) is 0 Å². The Labute approximate surface area is 135 Å². The zero-order chi connectivity index (χ0) is 16.0. The molecule has 0 aromatic carbocycles. The van der Waals surface area contributed by atoms with Crippen LogP contribution >= 0.6 is 0 Å². The quantitative estimate of drug-likeness (QED) is 0.894. The fraction of sp³-hybridized carbons (Fsp3) is 0.588. The smallest absolute Gasteiger partial charge is 0.226 e. The Balaban J connectivity index is 1.80. The van der Waals surface area contributed by atoms with Gasteiger partial charge in [0.25, 0.3) is 0 Å². The number of nitrogens with one attached hydrogen (secondary N) is 2. The van der Waals surface area contributed by atoms with Gasteiger partial charge in [0.1, 0.15) is 5.82 Å². The number of fused-ring (bicyclic) bond motifs is 1. The molecule has 23 heavy (non-hydrogen) atoms. The van der Waals surface area contributed by atoms with Crippen molar-refractivity contribution in [2.24, 2.45) is 0 Å². The van der Waals surface area contributed by atoms with Crippen LogP contribution < -0.4 is 5.32 Å². The number of carbonyl (C=O) groups excluding carboxylic acids is 1. The van der Waals surface area contributed by atoms with E-state index in [2.05, 4.69) is 20.0 Å². The van der Waals surface area contributed by atoms with Crippen LogP contribution in [0.2, 0.25) is 0 Å². The summed E-state index contributed by atoms with van der Waals surface area (Å²) in [7, 11) is 0. The summed E-state index contributed by atoms with van der Waals surface area (Å²) in [5, 5.41) is 7.89. The van der Waals surface area contributed by atoms with Gasteiger partial charge >= 0.3 is 0 Å². The molecule has 1 amide bonds. The molecule has 1 fully saturated rings. The Morgan fingerprint density at radius 3 is 2.70 bits per heavy atom. The average molecular weight is 313 g/mol. The fourth-order valence-electron chi connectivity index (χ4n) is 4.12. The molecule has 0 bridgehead atoms. The van der Waals surface area contributed by atoms with E-state index in [0.717, 1.165) is 41.3 Å². The van der Waals surface area contributed by atoms with E-state index in [4.69, 9.17) is 5.10 Å². The third kappa shape index (κ3) is 2.36. The summed E-state index contributed by atoms with van der Waals surface area (Å²) in [6.45, 7) is 4.06. The van der Waals surface area contributed by atoms with Crippen molar-refractivity contribution in [2.45, 2.75) is 64.3 Å². The van der Waals surface area contributed by atoms with Crippen LogP contribution in [0.4, 0.5) is 5.82 Å². The fourth-order valence-corrected chi connectivity index (χ4v) is 4.12. The number of anilines is 1. The number of amides is 1. The molecule has 2 aromatic rings. The summed E-state index contributed by atoms with van der Waals surface area (Å²) >= 11 is 0. The molecular weight excluding hydrogens is 290 g/mol. The molecule has 0 saturated heterocycles. The minimum atomic E-state index is 0.00217. The first kappa shape index (κ1) is 14.5. The van der Waals surface area contributed by atoms with Crippen LogP contribution in [0.1, 0.15) is 73.1 Å². The van der Waals surface area contributed by atoms with Crippen molar-refractivity contribution in [3.05, 3.63) is 29.0 Å². The molecule has 1 atom stereocenters. The van der Waals surface area contributed by atoms with E-state index in [1.54, 1.807) is 6.33 Å². The average Bonchev–Trinajstić information content (AvgIpc) is 3.11. The minimum absolute atomic E-state index is 0.00217. The standard InChI is InChI=1S/C17H23N5O/c1-10-15-13(16-11(2)18-9-19-16)8-14(23)20-17(15)22(21-10)12-6-4-3-5-7-12/h9,12-13H,3-8H2,1-2H3,(H,18,19)(H,20,23)/t13-/m1/s1. The molecule has 0 radical (unpaired) electrons. The molecule has 1 aliphatic heterocycles. The highest BCUT2D eigenvalue weighted by Gasteiger charge is 2.35. The number of H-pyrrole nitrogens is 1. The Kier molecular flexibility index (Phi) is 3.47. The second kappa shape index (κ2) is 5.51. The maximum atomic E-state index is 12.3. The van der Waals surface area contributed by atoms with Gasteiger partial charge in [-0.1, -0.05) is 19.3 Å². The molecular formula is C17H23N5O. The SMILES string of the molecule is Cc1nn(C2CCCCC2)c2c1[C@H](c1nc[nH]c1C)CC(=O)N2. The van der Waals surface area contributed by atoms with Crippen molar-refractivity contribution in [2.75, 3.05) is 5.32 Å². The van der Waals surface area contributed by atoms with E-state index in [9.17, 15) is 4.79 Å². The number of aromatic amines is 1. The summed E-state index contributed by atoms with van der Waals surface area (Å²) in [5.41, 5.74) is 4.15. The van der Waals surface area contributed by atoms with Crippen molar-refractivity contribution in [3.63, 3.8) is 0 Å². The first-order valence-corrected chi connectivity index (χ1v) is 8.54. The molecule has 1 saturated carbocycles. The first-order chi connectivity index (χ1) is 11.1. The second-order valence-corrected chi connectivity index (χ2v) is 6.80. The Morgan fingerprint density at radius 2 is 2.00 bits per heavy atom. The number of imidazole rings is 1. The summed E-state index contributed by atoms with van der Waals surface area (Å²) in [6, 6.07) is 0.408. The van der Waals surface area contributed by atoms with Crippen molar-refractivity contribution in [1.82, 2.24) is 19.7 Å². The zero-order valence-electron chi connectivity index (χ0n) is 13.7. The Bertz CT molecular complexity index is 738. The lowest BCUT2D eigenvalue weighted by Gasteiger charge is -2.27. The molecule has 6 heteroatoms. The Morgan fingerprint density at radius 1 is 1.22 bits per heavy atom. The highest BCUT2D eigenvalue weighted by Crippen LogP contribution is 2.42. The third-order valence-electron chi connectivity index (χ3n) is 5.25. The monoisotopic (exact) mass is 313 g/mol. The molecule has 1 aliphatic carbocycles. The maximum Gasteiger partial charge on any atom is 0.226 e. The molecule has 6 nitrogen and oxygen atoms in total. The predicted molar refractivity (Wildman–Crippen MR) is 87.5 cm³/mol. The van der Waals surface area contributed by atoms with Gasteiger partial charge in [0.15, 0.2) is 0 Å². The number of aryl methyl sites for hydroxylation is 2. The Hall–Kier alpha value is -2.11. The first-order valence-electron chi connectivity index (χ1n) is 8.54. The number of carbonyl (C=O) groups is 1. The lowest BCUT2D eigenvalue weighted by molar-refractivity contribution is -0.116. The summed E-state index contributed by atoms with van der Waals surface area (Å²) < 4.78 is 2.08. The van der Waals surface area contributed by atoms with Crippen molar-refractivity contribution in [1.29, 1.82) is 0 Å². The van der Waals surface area contributed by atoms with Gasteiger partial charge in [-0.25, -0.2) is 9.67 Å². The van der Waals surface area contributed by atoms with E-state index >= 15 is 0 Å². The van der Waals surface area contributed by atoms with Gasteiger partial charge < -0.3 is 10.3 Å². The highest BCUT2D eigenvalue weighted by molar-refractivity contribution is 5.94. The maximum absolute atomic E-state index is 12.3. The topological polar surface area (TPSA) is 75.6 Å². The van der Waals surface area contributed by atoms with Gasteiger partial charge in [-0.15, -0.1) is 0 Å². The van der Waals surface area contributed by atoms with E-state index in [1.807, 2.05) is 13.8 Å². The van der Waals surface area contributed by atoms with E-state index in [0.29, 0.717) is 12.5 Å². The van der Waals surface area contributed by atoms with E-state index < -0.39 is 0 Å². The van der Waals surface area contributed by atoms with E-state index in [1.165, 1.54) is 19.3 Å². The van der Waals surface area contributed by atoms with Crippen LogP contribution in [0, 0.1) is 13.8 Å². The van der Waals surface area contributed by atoms with Crippen molar-refractivity contribution < 1.29 is 4.79 Å². The number of rotatable bonds is 2. The van der Waals surface area contributed by atoms with Crippen LogP contribution in [-0.2, 0) is 4.79 Å². The summed E-state index contributed by atoms with van der Waals surface area (Å²) in [5.74, 6) is 0.960. The lowest BCUT2D eigenvalue weighted by atomic mass is 9.88. The van der Waals surface area contributed by atoms with E-state index in [-0.39, 0.29) is 11.8 Å². The number of nitrogens with zero attached hydrogens (tertiary/aromatic N) is 3. The molecule has 3 heterocycles. The van der Waals surface area contributed by atoms with Crippen LogP contribution in [-0.4, -0.2) is 25.7 Å². The molecule has 2 aromatic heterocycles. The minimum Gasteiger partial charge on any atom is -0.348 e.